The van der Waals surface area contributed by atoms with E-state index in [2.05, 4.69) is 0 Å². The quantitative estimate of drug-likeness (QED) is 0.835. The summed E-state index contributed by atoms with van der Waals surface area (Å²) in [5, 5.41) is 11.5. The molecule has 1 N–H and O–H groups in total. The second kappa shape index (κ2) is 7.40. The van der Waals surface area contributed by atoms with Crippen LogP contribution in [0.3, 0.4) is 0 Å². The molecule has 0 aromatic carbocycles. The minimum atomic E-state index is -1.12. The number of likely N-dealkylation sites (tertiary alicyclic amines) is 1. The molecule has 0 radical (unpaired) electrons. The molecular formula is C19H20N2O6S. The van der Waals surface area contributed by atoms with Crippen LogP contribution in [0.15, 0.2) is 40.3 Å². The Balaban J connectivity index is 1.50. The number of carboxylic acids is 1. The van der Waals surface area contributed by atoms with E-state index in [1.807, 2.05) is 17.5 Å². The largest absolute Gasteiger partial charge is 0.480 e. The lowest BCUT2D eigenvalue weighted by Crippen LogP contribution is -2.58. The smallest absolute Gasteiger partial charge is 0.328 e. The number of carbonyl (C=O) groups excluding carboxylic acids is 2. The molecule has 2 aromatic rings. The van der Waals surface area contributed by atoms with E-state index < -0.39 is 23.6 Å². The molecule has 2 saturated heterocycles. The fourth-order valence-electron chi connectivity index (χ4n) is 3.85. The third-order valence-electron chi connectivity index (χ3n) is 5.30. The molecule has 28 heavy (non-hydrogen) atoms. The number of piperidine rings is 1. The molecule has 4 rings (SSSR count). The third kappa shape index (κ3) is 3.31. The Morgan fingerprint density at radius 2 is 2.00 bits per heavy atom. The van der Waals surface area contributed by atoms with Crippen LogP contribution in [0.25, 0.3) is 0 Å². The Bertz CT molecular complexity index is 855. The topological polar surface area (TPSA) is 100 Å². The minimum Gasteiger partial charge on any atom is -0.480 e. The van der Waals surface area contributed by atoms with Gasteiger partial charge >= 0.3 is 5.97 Å². The predicted octanol–water partition coefficient (Wildman–Crippen LogP) is 1.83. The summed E-state index contributed by atoms with van der Waals surface area (Å²) in [6.45, 7) is 0.724. The standard InChI is InChI=1S/C19H20N2O6S/c22-16(11-13-3-2-10-28-13)20-7-5-19(6-8-20)21(14(12-27-19)18(24)25)17(23)15-4-1-9-26-15/h1-4,9-10,14H,5-8,11-12H2,(H,24,25). The Morgan fingerprint density at radius 3 is 2.61 bits per heavy atom. The van der Waals surface area contributed by atoms with Crippen LogP contribution in [0.5, 0.6) is 0 Å². The van der Waals surface area contributed by atoms with Crippen LogP contribution in [0.2, 0.25) is 0 Å². The number of aliphatic carboxylic acids is 1. The zero-order chi connectivity index (χ0) is 19.7. The Hall–Kier alpha value is -2.65. The minimum absolute atomic E-state index is 0.0222. The summed E-state index contributed by atoms with van der Waals surface area (Å²) in [4.78, 5) is 41.2. The molecule has 2 amide bonds. The molecule has 2 aliphatic heterocycles. The molecule has 0 aliphatic carbocycles. The molecule has 2 aliphatic rings. The number of thiophene rings is 1. The van der Waals surface area contributed by atoms with Crippen molar-refractivity contribution in [2.45, 2.75) is 31.0 Å². The molecule has 0 saturated carbocycles. The summed E-state index contributed by atoms with van der Waals surface area (Å²) < 4.78 is 11.1. The number of carboxylic acid groups (broad SMARTS) is 1. The van der Waals surface area contributed by atoms with Crippen LogP contribution < -0.4 is 0 Å². The van der Waals surface area contributed by atoms with E-state index in [-0.39, 0.29) is 18.3 Å². The Morgan fingerprint density at radius 1 is 1.21 bits per heavy atom. The van der Waals surface area contributed by atoms with Crippen LogP contribution in [-0.2, 0) is 20.7 Å². The third-order valence-corrected chi connectivity index (χ3v) is 6.18. The first kappa shape index (κ1) is 18.7. The second-order valence-electron chi connectivity index (χ2n) is 6.90. The number of ether oxygens (including phenoxy) is 1. The van der Waals surface area contributed by atoms with E-state index in [1.165, 1.54) is 28.6 Å². The first-order valence-electron chi connectivity index (χ1n) is 9.04. The van der Waals surface area contributed by atoms with Crippen molar-refractivity contribution in [2.24, 2.45) is 0 Å². The van der Waals surface area contributed by atoms with Gasteiger partial charge in [0.2, 0.25) is 5.91 Å². The van der Waals surface area contributed by atoms with E-state index in [0.29, 0.717) is 32.4 Å². The number of amides is 2. The molecule has 4 heterocycles. The van der Waals surface area contributed by atoms with Crippen molar-refractivity contribution in [2.75, 3.05) is 19.7 Å². The van der Waals surface area contributed by atoms with E-state index >= 15 is 0 Å². The van der Waals surface area contributed by atoms with E-state index in [1.54, 1.807) is 11.0 Å². The maximum Gasteiger partial charge on any atom is 0.328 e. The molecule has 1 atom stereocenters. The van der Waals surface area contributed by atoms with Crippen LogP contribution >= 0.6 is 11.3 Å². The predicted molar refractivity (Wildman–Crippen MR) is 98.8 cm³/mol. The summed E-state index contributed by atoms with van der Waals surface area (Å²) >= 11 is 1.54. The van der Waals surface area contributed by atoms with Gasteiger partial charge in [0.05, 0.1) is 19.3 Å². The molecule has 9 heteroatoms. The number of hydrogen-bond donors (Lipinski definition) is 1. The first-order chi connectivity index (χ1) is 13.5. The van der Waals surface area contributed by atoms with Gasteiger partial charge in [-0.25, -0.2) is 4.79 Å². The lowest BCUT2D eigenvalue weighted by Gasteiger charge is -2.43. The van der Waals surface area contributed by atoms with Crippen molar-refractivity contribution < 1.29 is 28.6 Å². The van der Waals surface area contributed by atoms with E-state index in [4.69, 9.17) is 9.15 Å². The molecule has 0 bridgehead atoms. The van der Waals surface area contributed by atoms with Gasteiger partial charge in [-0.05, 0) is 23.6 Å². The van der Waals surface area contributed by atoms with Gasteiger partial charge in [0, 0.05) is 30.8 Å². The van der Waals surface area contributed by atoms with Crippen molar-refractivity contribution in [3.63, 3.8) is 0 Å². The number of rotatable bonds is 4. The Labute approximate surface area is 165 Å². The van der Waals surface area contributed by atoms with Crippen molar-refractivity contribution in [3.05, 3.63) is 46.5 Å². The summed E-state index contributed by atoms with van der Waals surface area (Å²) in [7, 11) is 0. The zero-order valence-corrected chi connectivity index (χ0v) is 15.9. The SMILES string of the molecule is O=C(O)C1COC2(CCN(C(=O)Cc3cccs3)CC2)N1C(=O)c1ccco1. The molecule has 2 fully saturated rings. The summed E-state index contributed by atoms with van der Waals surface area (Å²) in [6, 6.07) is 5.85. The lowest BCUT2D eigenvalue weighted by molar-refractivity contribution is -0.147. The molecule has 148 valence electrons. The van der Waals surface area contributed by atoms with Gasteiger partial charge in [-0.15, -0.1) is 11.3 Å². The molecule has 8 nitrogen and oxygen atoms in total. The number of carbonyl (C=O) groups is 3. The van der Waals surface area contributed by atoms with Crippen molar-refractivity contribution in [1.29, 1.82) is 0 Å². The number of hydrogen-bond acceptors (Lipinski definition) is 6. The van der Waals surface area contributed by atoms with Crippen LogP contribution in [0.4, 0.5) is 0 Å². The van der Waals surface area contributed by atoms with E-state index in [0.717, 1.165) is 4.88 Å². The van der Waals surface area contributed by atoms with Crippen LogP contribution in [0, 0.1) is 0 Å². The van der Waals surface area contributed by atoms with Gasteiger partial charge in [0.15, 0.2) is 11.8 Å². The van der Waals surface area contributed by atoms with Gasteiger partial charge in [0.1, 0.15) is 5.72 Å². The van der Waals surface area contributed by atoms with Crippen LogP contribution in [-0.4, -0.2) is 64.2 Å². The highest BCUT2D eigenvalue weighted by molar-refractivity contribution is 7.10. The van der Waals surface area contributed by atoms with Crippen molar-refractivity contribution >= 4 is 29.1 Å². The van der Waals surface area contributed by atoms with Crippen LogP contribution in [0.1, 0.15) is 28.3 Å². The first-order valence-corrected chi connectivity index (χ1v) is 9.92. The lowest BCUT2D eigenvalue weighted by atomic mass is 9.97. The van der Waals surface area contributed by atoms with Gasteiger partial charge in [-0.3, -0.25) is 14.5 Å². The number of furan rings is 1. The van der Waals surface area contributed by atoms with Crippen molar-refractivity contribution in [1.82, 2.24) is 9.80 Å². The van der Waals surface area contributed by atoms with E-state index in [9.17, 15) is 19.5 Å². The molecule has 1 unspecified atom stereocenters. The zero-order valence-electron chi connectivity index (χ0n) is 15.1. The summed E-state index contributed by atoms with van der Waals surface area (Å²) in [5.74, 6) is -1.53. The molecular weight excluding hydrogens is 384 g/mol. The second-order valence-corrected chi connectivity index (χ2v) is 7.93. The number of nitrogens with zero attached hydrogens (tertiary/aromatic N) is 2. The van der Waals surface area contributed by atoms with Gasteiger partial charge in [-0.1, -0.05) is 6.07 Å². The normalized spacial score (nSPS) is 21.2. The maximum atomic E-state index is 12.9. The molecule has 2 aromatic heterocycles. The summed E-state index contributed by atoms with van der Waals surface area (Å²) in [6.07, 6.45) is 2.44. The maximum absolute atomic E-state index is 12.9. The average molecular weight is 404 g/mol. The molecule has 1 spiro atoms. The Kier molecular flexibility index (Phi) is 4.94. The highest BCUT2D eigenvalue weighted by Crippen LogP contribution is 2.38. The van der Waals surface area contributed by atoms with Gasteiger partial charge in [-0.2, -0.15) is 0 Å². The average Bonchev–Trinajstić information content (AvgIpc) is 3.43. The fraction of sp³-hybridized carbons (Fsp3) is 0.421. The monoisotopic (exact) mass is 404 g/mol. The highest BCUT2D eigenvalue weighted by atomic mass is 32.1. The van der Waals surface area contributed by atoms with Gasteiger partial charge in [0.25, 0.3) is 5.91 Å². The van der Waals surface area contributed by atoms with Crippen molar-refractivity contribution in [3.8, 4) is 0 Å². The van der Waals surface area contributed by atoms with Gasteiger partial charge < -0.3 is 19.2 Å². The fourth-order valence-corrected chi connectivity index (χ4v) is 4.55. The summed E-state index contributed by atoms with van der Waals surface area (Å²) in [5.41, 5.74) is -1.04. The highest BCUT2D eigenvalue weighted by Gasteiger charge is 2.54.